The fourth-order valence-electron chi connectivity index (χ4n) is 4.16. The van der Waals surface area contributed by atoms with Gasteiger partial charge in [0.25, 0.3) is 0 Å². The zero-order chi connectivity index (χ0) is 25.5. The van der Waals surface area contributed by atoms with Crippen LogP contribution < -0.4 is 16.4 Å². The second-order valence-electron chi connectivity index (χ2n) is 9.58. The van der Waals surface area contributed by atoms with Crippen LogP contribution in [0, 0.1) is 5.92 Å². The first kappa shape index (κ1) is 26.3. The van der Waals surface area contributed by atoms with Crippen LogP contribution in [-0.2, 0) is 20.9 Å². The van der Waals surface area contributed by atoms with Gasteiger partial charge >= 0.3 is 0 Å². The van der Waals surface area contributed by atoms with E-state index in [1.807, 2.05) is 51.1 Å². The third-order valence-electron chi connectivity index (χ3n) is 5.95. The molecule has 4 N–H and O–H groups in total. The number of carbonyl (C=O) groups excluding carboxylic acids is 3. The summed E-state index contributed by atoms with van der Waals surface area (Å²) in [4.78, 5) is 44.9. The number of nitrogens with one attached hydrogen (secondary N) is 2. The molecule has 3 rings (SSSR count). The number of hydrogen-bond donors (Lipinski definition) is 3. The summed E-state index contributed by atoms with van der Waals surface area (Å²) in [6.45, 7) is 8.66. The summed E-state index contributed by atoms with van der Waals surface area (Å²) < 4.78 is 1.75. The zero-order valence-corrected chi connectivity index (χ0v) is 21.0. The monoisotopic (exact) mass is 483 g/mol. The molecule has 0 aliphatic carbocycles. The molecule has 3 atom stereocenters. The highest BCUT2D eigenvalue weighted by atomic mass is 16.2. The molecule has 0 saturated carbocycles. The van der Waals surface area contributed by atoms with Crippen molar-refractivity contribution < 1.29 is 14.4 Å². The van der Waals surface area contributed by atoms with E-state index >= 15 is 0 Å². The maximum Gasteiger partial charge on any atom is 0.243 e. The number of nitrogens with two attached hydrogens (primary N) is 1. The van der Waals surface area contributed by atoms with Gasteiger partial charge in [-0.05, 0) is 32.6 Å². The average molecular weight is 484 g/mol. The Hall–Kier alpha value is -3.27. The van der Waals surface area contributed by atoms with Gasteiger partial charge in [0.15, 0.2) is 5.82 Å². The van der Waals surface area contributed by atoms with Crippen LogP contribution in [0.1, 0.15) is 58.8 Å². The summed E-state index contributed by atoms with van der Waals surface area (Å²) in [6, 6.07) is 7.85. The summed E-state index contributed by atoms with van der Waals surface area (Å²) in [5, 5.41) is 10.6. The van der Waals surface area contributed by atoms with Gasteiger partial charge in [-0.25, -0.2) is 9.67 Å². The van der Waals surface area contributed by atoms with E-state index in [9.17, 15) is 14.4 Å². The molecule has 0 radical (unpaired) electrons. The van der Waals surface area contributed by atoms with E-state index in [-0.39, 0.29) is 30.1 Å². The van der Waals surface area contributed by atoms with Crippen molar-refractivity contribution in [2.75, 3.05) is 13.1 Å². The maximum absolute atomic E-state index is 13.1. The summed E-state index contributed by atoms with van der Waals surface area (Å²) in [5.41, 5.74) is 6.74. The Kier molecular flexibility index (Phi) is 8.97. The lowest BCUT2D eigenvalue weighted by molar-refractivity contribution is -0.133. The molecular formula is C25H37N7O3. The Labute approximate surface area is 206 Å². The highest BCUT2D eigenvalue weighted by Gasteiger charge is 2.27. The number of carbonyl (C=O) groups is 3. The van der Waals surface area contributed by atoms with Crippen molar-refractivity contribution in [3.63, 3.8) is 0 Å². The van der Waals surface area contributed by atoms with E-state index in [0.29, 0.717) is 44.1 Å². The molecule has 10 heteroatoms. The number of benzene rings is 1. The zero-order valence-electron chi connectivity index (χ0n) is 21.0. The number of nitrogens with zero attached hydrogens (tertiary/aromatic N) is 4. The summed E-state index contributed by atoms with van der Waals surface area (Å²) >= 11 is 0. The molecule has 1 aromatic carbocycles. The quantitative estimate of drug-likeness (QED) is 0.605. The first-order chi connectivity index (χ1) is 16.7. The minimum Gasteiger partial charge on any atom is -0.345 e. The number of amides is 3. The molecule has 1 aliphatic rings. The van der Waals surface area contributed by atoms with Crippen molar-refractivity contribution in [3.8, 4) is 11.4 Å². The number of aromatic nitrogens is 3. The van der Waals surface area contributed by atoms with Gasteiger partial charge in [0.05, 0.1) is 18.6 Å². The smallest absolute Gasteiger partial charge is 0.243 e. The minimum atomic E-state index is -0.653. The van der Waals surface area contributed by atoms with Crippen molar-refractivity contribution >= 4 is 17.7 Å². The Morgan fingerprint density at radius 3 is 2.49 bits per heavy atom. The van der Waals surface area contributed by atoms with Crippen molar-refractivity contribution in [1.29, 1.82) is 0 Å². The van der Waals surface area contributed by atoms with Crippen LogP contribution in [0.15, 0.2) is 30.3 Å². The molecule has 0 saturated heterocycles. The molecule has 0 spiro atoms. The van der Waals surface area contributed by atoms with Crippen LogP contribution in [0.3, 0.4) is 0 Å². The van der Waals surface area contributed by atoms with E-state index in [2.05, 4.69) is 10.6 Å². The van der Waals surface area contributed by atoms with Crippen molar-refractivity contribution in [2.45, 2.75) is 71.6 Å². The number of hydrogen-bond acceptors (Lipinski definition) is 6. The average Bonchev–Trinajstić information content (AvgIpc) is 3.24. The van der Waals surface area contributed by atoms with Crippen LogP contribution in [0.25, 0.3) is 11.4 Å². The lowest BCUT2D eigenvalue weighted by atomic mass is 10.0. The Balaban J connectivity index is 1.96. The second kappa shape index (κ2) is 11.9. The van der Waals surface area contributed by atoms with Crippen molar-refractivity contribution in [1.82, 2.24) is 30.3 Å². The first-order valence-electron chi connectivity index (χ1n) is 12.3. The van der Waals surface area contributed by atoms with Gasteiger partial charge in [0.1, 0.15) is 11.9 Å². The van der Waals surface area contributed by atoms with E-state index in [1.54, 1.807) is 16.5 Å². The Morgan fingerprint density at radius 2 is 1.83 bits per heavy atom. The van der Waals surface area contributed by atoms with Gasteiger partial charge in [0.2, 0.25) is 17.7 Å². The van der Waals surface area contributed by atoms with E-state index in [4.69, 9.17) is 15.8 Å². The van der Waals surface area contributed by atoms with E-state index in [1.165, 1.54) is 0 Å². The minimum absolute atomic E-state index is 0.179. The third kappa shape index (κ3) is 7.11. The van der Waals surface area contributed by atoms with Gasteiger partial charge in [0, 0.05) is 25.1 Å². The predicted octanol–water partition coefficient (Wildman–Crippen LogP) is 1.62. The highest BCUT2D eigenvalue weighted by molar-refractivity contribution is 5.88. The van der Waals surface area contributed by atoms with Crippen LogP contribution in [0.5, 0.6) is 0 Å². The topological polar surface area (TPSA) is 135 Å². The molecule has 190 valence electrons. The van der Waals surface area contributed by atoms with Crippen LogP contribution in [0.2, 0.25) is 0 Å². The van der Waals surface area contributed by atoms with Gasteiger partial charge in [-0.2, -0.15) is 5.10 Å². The molecule has 1 aromatic heterocycles. The molecule has 0 bridgehead atoms. The van der Waals surface area contributed by atoms with Crippen molar-refractivity contribution in [2.24, 2.45) is 11.7 Å². The molecular weight excluding hydrogens is 446 g/mol. The van der Waals surface area contributed by atoms with Gasteiger partial charge in [-0.3, -0.25) is 14.4 Å². The summed E-state index contributed by atoms with van der Waals surface area (Å²) in [6.07, 6.45) is 1.20. The van der Waals surface area contributed by atoms with Crippen LogP contribution >= 0.6 is 0 Å². The van der Waals surface area contributed by atoms with Crippen molar-refractivity contribution in [3.05, 3.63) is 36.2 Å². The largest absolute Gasteiger partial charge is 0.345 e. The Morgan fingerprint density at radius 1 is 1.11 bits per heavy atom. The molecule has 3 amide bonds. The van der Waals surface area contributed by atoms with Crippen LogP contribution in [0.4, 0.5) is 0 Å². The molecule has 2 aromatic rings. The fourth-order valence-corrected chi connectivity index (χ4v) is 4.16. The molecule has 0 fully saturated rings. The molecule has 1 aliphatic heterocycles. The van der Waals surface area contributed by atoms with E-state index in [0.717, 1.165) is 5.56 Å². The van der Waals surface area contributed by atoms with Crippen LogP contribution in [-0.4, -0.2) is 62.6 Å². The highest BCUT2D eigenvalue weighted by Crippen LogP contribution is 2.20. The Bertz CT molecular complexity index is 1020. The molecule has 0 unspecified atom stereocenters. The number of fused-ring (bicyclic) bond motifs is 1. The lowest BCUT2D eigenvalue weighted by Gasteiger charge is -2.26. The summed E-state index contributed by atoms with van der Waals surface area (Å²) in [5.74, 6) is 0.703. The number of rotatable bonds is 4. The van der Waals surface area contributed by atoms with Gasteiger partial charge < -0.3 is 21.3 Å². The first-order valence-corrected chi connectivity index (χ1v) is 12.3. The molecule has 35 heavy (non-hydrogen) atoms. The molecule has 10 nitrogen and oxygen atoms in total. The summed E-state index contributed by atoms with van der Waals surface area (Å²) in [7, 11) is 0. The molecule has 2 heterocycles. The SMILES string of the molecule is CC(C)C[C@H]1NC(=O)CCCN(C(=O)[C@@H](C)N)CCn2nc(-c3ccccc3)nc2[C@@H](C)NC1=O. The maximum atomic E-state index is 13.1. The standard InChI is InChI=1S/C25H37N7O3/c1-16(2)15-20-24(34)27-18(4)23-29-22(19-9-6-5-7-10-19)30-32(23)14-13-31(25(35)17(3)26)12-8-11-21(33)28-20/h5-7,9-10,16-18,20H,8,11-15,26H2,1-4H3,(H,27,34)(H,28,33)/t17-,18-,20-/m1/s1. The lowest BCUT2D eigenvalue weighted by Crippen LogP contribution is -2.49. The third-order valence-corrected chi connectivity index (χ3v) is 5.95. The van der Waals surface area contributed by atoms with E-state index < -0.39 is 18.1 Å². The van der Waals surface area contributed by atoms with Gasteiger partial charge in [-0.15, -0.1) is 0 Å². The fraction of sp³-hybridized carbons (Fsp3) is 0.560. The normalized spacial score (nSPS) is 21.0. The second-order valence-corrected chi connectivity index (χ2v) is 9.58. The predicted molar refractivity (Wildman–Crippen MR) is 133 cm³/mol. The van der Waals surface area contributed by atoms with Gasteiger partial charge in [-0.1, -0.05) is 44.2 Å².